The fourth-order valence-corrected chi connectivity index (χ4v) is 3.88. The van der Waals surface area contributed by atoms with Gasteiger partial charge in [-0.3, -0.25) is 14.5 Å². The van der Waals surface area contributed by atoms with Gasteiger partial charge in [-0.15, -0.1) is 0 Å². The minimum Gasteiger partial charge on any atom is -0.340 e. The Morgan fingerprint density at radius 3 is 2.61 bits per heavy atom. The Kier molecular flexibility index (Phi) is 3.41. The molecule has 0 aromatic heterocycles. The van der Waals surface area contributed by atoms with Crippen LogP contribution in [-0.4, -0.2) is 60.4 Å². The molecule has 1 spiro atoms. The molecule has 2 heterocycles. The molecule has 1 aromatic rings. The Bertz CT molecular complexity index is 628. The number of anilines is 1. The first kappa shape index (κ1) is 14.7. The van der Waals surface area contributed by atoms with E-state index in [2.05, 4.69) is 4.90 Å². The van der Waals surface area contributed by atoms with Gasteiger partial charge in [0.25, 0.3) is 0 Å². The molecule has 2 amide bonds. The molecule has 0 bridgehead atoms. The summed E-state index contributed by atoms with van der Waals surface area (Å²) in [5.74, 6) is 0.723. The van der Waals surface area contributed by atoms with Gasteiger partial charge in [-0.2, -0.15) is 0 Å². The molecule has 3 fully saturated rings. The fourth-order valence-electron chi connectivity index (χ4n) is 3.88. The summed E-state index contributed by atoms with van der Waals surface area (Å²) in [5.41, 5.74) is 0.853. The summed E-state index contributed by atoms with van der Waals surface area (Å²) < 4.78 is 0. The zero-order chi connectivity index (χ0) is 16.0. The summed E-state index contributed by atoms with van der Waals surface area (Å²) >= 11 is 0. The number of hydrogen-bond acceptors (Lipinski definition) is 3. The second-order valence-corrected chi connectivity index (χ2v) is 7.18. The Morgan fingerprint density at radius 2 is 1.91 bits per heavy atom. The van der Waals surface area contributed by atoms with Crippen molar-refractivity contribution < 1.29 is 9.59 Å². The van der Waals surface area contributed by atoms with Crippen LogP contribution in [0.25, 0.3) is 0 Å². The molecule has 0 unspecified atom stereocenters. The number of likely N-dealkylation sites (tertiary alicyclic amines) is 1. The van der Waals surface area contributed by atoms with E-state index >= 15 is 0 Å². The summed E-state index contributed by atoms with van der Waals surface area (Å²) in [6.45, 7) is 2.65. The standard InChI is InChI=1S/C18H23N3O2/c1-19-11-16(22)21(15-5-3-2-4-6-15)13-18(19)9-10-20(12-18)17(23)14-7-8-14/h2-6,14H,7-13H2,1H3/t18-/m0/s1. The third-order valence-electron chi connectivity index (χ3n) is 5.57. The van der Waals surface area contributed by atoms with Crippen LogP contribution in [0.4, 0.5) is 5.69 Å². The van der Waals surface area contributed by atoms with Crippen LogP contribution < -0.4 is 4.90 Å². The van der Waals surface area contributed by atoms with Gasteiger partial charge in [-0.25, -0.2) is 0 Å². The number of para-hydroxylation sites is 1. The summed E-state index contributed by atoms with van der Waals surface area (Å²) in [5, 5.41) is 0. The average Bonchev–Trinajstić information content (AvgIpc) is 3.32. The van der Waals surface area contributed by atoms with E-state index in [0.29, 0.717) is 19.0 Å². The number of carbonyl (C=O) groups is 2. The highest BCUT2D eigenvalue weighted by Gasteiger charge is 2.50. The molecule has 4 rings (SSSR count). The van der Waals surface area contributed by atoms with Crippen molar-refractivity contribution >= 4 is 17.5 Å². The molecular weight excluding hydrogens is 290 g/mol. The van der Waals surface area contributed by atoms with Gasteiger partial charge in [-0.05, 0) is 38.4 Å². The number of amides is 2. The molecule has 3 aliphatic rings. The first-order chi connectivity index (χ1) is 11.1. The van der Waals surface area contributed by atoms with Crippen LogP contribution >= 0.6 is 0 Å². The molecule has 0 radical (unpaired) electrons. The van der Waals surface area contributed by atoms with E-state index in [1.54, 1.807) is 0 Å². The zero-order valence-electron chi connectivity index (χ0n) is 13.6. The quantitative estimate of drug-likeness (QED) is 0.828. The monoisotopic (exact) mass is 313 g/mol. The van der Waals surface area contributed by atoms with E-state index < -0.39 is 0 Å². The largest absolute Gasteiger partial charge is 0.340 e. The van der Waals surface area contributed by atoms with E-state index in [9.17, 15) is 9.59 Å². The van der Waals surface area contributed by atoms with Crippen LogP contribution in [0.15, 0.2) is 30.3 Å². The maximum absolute atomic E-state index is 12.5. The molecule has 1 atom stereocenters. The number of benzene rings is 1. The van der Waals surface area contributed by atoms with Crippen molar-refractivity contribution in [1.29, 1.82) is 0 Å². The highest BCUT2D eigenvalue weighted by Crippen LogP contribution is 2.37. The molecule has 1 saturated carbocycles. The number of nitrogens with zero attached hydrogens (tertiary/aromatic N) is 3. The number of piperazine rings is 1. The van der Waals surface area contributed by atoms with Gasteiger partial charge in [0.15, 0.2) is 0 Å². The lowest BCUT2D eigenvalue weighted by Gasteiger charge is -2.46. The van der Waals surface area contributed by atoms with Crippen LogP contribution in [0.2, 0.25) is 0 Å². The number of carbonyl (C=O) groups excluding carboxylic acids is 2. The van der Waals surface area contributed by atoms with Crippen molar-refractivity contribution in [3.8, 4) is 0 Å². The van der Waals surface area contributed by atoms with E-state index in [1.807, 2.05) is 47.2 Å². The lowest BCUT2D eigenvalue weighted by molar-refractivity contribution is -0.132. The smallest absolute Gasteiger partial charge is 0.241 e. The van der Waals surface area contributed by atoms with Gasteiger partial charge >= 0.3 is 0 Å². The van der Waals surface area contributed by atoms with Gasteiger partial charge in [-0.1, -0.05) is 18.2 Å². The predicted molar refractivity (Wildman–Crippen MR) is 88.1 cm³/mol. The number of likely N-dealkylation sites (N-methyl/N-ethyl adjacent to an activating group) is 1. The molecule has 1 aromatic carbocycles. The first-order valence-corrected chi connectivity index (χ1v) is 8.44. The van der Waals surface area contributed by atoms with Gasteiger partial charge in [0.05, 0.1) is 12.1 Å². The highest BCUT2D eigenvalue weighted by atomic mass is 16.2. The van der Waals surface area contributed by atoms with Crippen LogP contribution in [0.5, 0.6) is 0 Å². The van der Waals surface area contributed by atoms with Gasteiger partial charge < -0.3 is 9.80 Å². The molecular formula is C18H23N3O2. The lowest BCUT2D eigenvalue weighted by Crippen LogP contribution is -2.64. The Balaban J connectivity index is 1.56. The fraction of sp³-hybridized carbons (Fsp3) is 0.556. The van der Waals surface area contributed by atoms with Gasteiger partial charge in [0, 0.05) is 31.2 Å². The third kappa shape index (κ3) is 2.53. The normalized spacial score (nSPS) is 28.7. The molecule has 23 heavy (non-hydrogen) atoms. The topological polar surface area (TPSA) is 43.9 Å². The molecule has 1 aliphatic carbocycles. The van der Waals surface area contributed by atoms with Crippen LogP contribution in [0, 0.1) is 5.92 Å². The maximum Gasteiger partial charge on any atom is 0.241 e. The molecule has 5 nitrogen and oxygen atoms in total. The molecule has 2 saturated heterocycles. The molecule has 0 N–H and O–H groups in total. The van der Waals surface area contributed by atoms with Gasteiger partial charge in [0.1, 0.15) is 0 Å². The third-order valence-corrected chi connectivity index (χ3v) is 5.57. The summed E-state index contributed by atoms with van der Waals surface area (Å²) in [4.78, 5) is 30.9. The second-order valence-electron chi connectivity index (χ2n) is 7.18. The first-order valence-electron chi connectivity index (χ1n) is 8.44. The SMILES string of the molecule is CN1CC(=O)N(c2ccccc2)C[C@@]12CCN(C(=O)C1CC1)C2. The minimum absolute atomic E-state index is 0.103. The number of hydrogen-bond donors (Lipinski definition) is 0. The van der Waals surface area contributed by atoms with Crippen molar-refractivity contribution in [3.63, 3.8) is 0 Å². The van der Waals surface area contributed by atoms with Crippen LogP contribution in [0.3, 0.4) is 0 Å². The Morgan fingerprint density at radius 1 is 1.17 bits per heavy atom. The van der Waals surface area contributed by atoms with Crippen molar-refractivity contribution in [2.24, 2.45) is 5.92 Å². The Hall–Kier alpha value is -1.88. The summed E-state index contributed by atoms with van der Waals surface area (Å²) in [7, 11) is 2.02. The van der Waals surface area contributed by atoms with E-state index in [4.69, 9.17) is 0 Å². The van der Waals surface area contributed by atoms with Crippen molar-refractivity contribution in [3.05, 3.63) is 30.3 Å². The number of rotatable bonds is 2. The van der Waals surface area contributed by atoms with Crippen LogP contribution in [0.1, 0.15) is 19.3 Å². The lowest BCUT2D eigenvalue weighted by atomic mass is 9.92. The van der Waals surface area contributed by atoms with Crippen molar-refractivity contribution in [2.45, 2.75) is 24.8 Å². The van der Waals surface area contributed by atoms with Crippen LogP contribution in [-0.2, 0) is 9.59 Å². The van der Waals surface area contributed by atoms with Gasteiger partial charge in [0.2, 0.25) is 11.8 Å². The van der Waals surface area contributed by atoms with E-state index in [1.165, 1.54) is 0 Å². The molecule has 122 valence electrons. The second kappa shape index (κ2) is 5.34. The highest BCUT2D eigenvalue weighted by molar-refractivity contribution is 5.96. The van der Waals surface area contributed by atoms with Crippen molar-refractivity contribution in [1.82, 2.24) is 9.80 Å². The minimum atomic E-state index is -0.103. The predicted octanol–water partition coefficient (Wildman–Crippen LogP) is 1.35. The summed E-state index contributed by atoms with van der Waals surface area (Å²) in [6, 6.07) is 9.86. The zero-order valence-corrected chi connectivity index (χ0v) is 13.6. The van der Waals surface area contributed by atoms with Crippen molar-refractivity contribution in [2.75, 3.05) is 38.1 Å². The average molecular weight is 313 g/mol. The maximum atomic E-state index is 12.5. The van der Waals surface area contributed by atoms with E-state index in [0.717, 1.165) is 38.0 Å². The molecule has 2 aliphatic heterocycles. The Labute approximate surface area is 136 Å². The van der Waals surface area contributed by atoms with E-state index in [-0.39, 0.29) is 17.4 Å². The molecule has 5 heteroatoms. The summed E-state index contributed by atoms with van der Waals surface area (Å²) in [6.07, 6.45) is 3.04.